The molecule has 19 heavy (non-hydrogen) atoms. The lowest BCUT2D eigenvalue weighted by Crippen LogP contribution is -2.23. The summed E-state index contributed by atoms with van der Waals surface area (Å²) in [4.78, 5) is 21.5. The molecule has 0 saturated heterocycles. The van der Waals surface area contributed by atoms with Gasteiger partial charge in [0, 0.05) is 16.2 Å². The van der Waals surface area contributed by atoms with Crippen molar-refractivity contribution in [3.63, 3.8) is 0 Å². The Morgan fingerprint density at radius 2 is 2.26 bits per heavy atom. The summed E-state index contributed by atoms with van der Waals surface area (Å²) in [6.07, 6.45) is 1.30. The number of carbonyl (C=O) groups is 1. The molecule has 0 bridgehead atoms. The van der Waals surface area contributed by atoms with E-state index in [1.807, 2.05) is 29.5 Å². The second-order valence-electron chi connectivity index (χ2n) is 4.12. The van der Waals surface area contributed by atoms with Gasteiger partial charge in [-0.15, -0.1) is 0 Å². The van der Waals surface area contributed by atoms with E-state index < -0.39 is 16.8 Å². The zero-order valence-corrected chi connectivity index (χ0v) is 12.6. The zero-order chi connectivity index (χ0) is 14.4. The number of halogens is 1. The molecule has 1 unspecified atom stereocenters. The molecule has 0 aliphatic heterocycles. The molecule has 6 nitrogen and oxygen atoms in total. The molecule has 0 spiro atoms. The van der Waals surface area contributed by atoms with Gasteiger partial charge in [-0.3, -0.25) is 14.9 Å². The number of benzene rings is 1. The minimum Gasteiger partial charge on any atom is -0.481 e. The van der Waals surface area contributed by atoms with Gasteiger partial charge in [-0.2, -0.15) is 0 Å². The first-order chi connectivity index (χ1) is 8.95. The van der Waals surface area contributed by atoms with E-state index in [-0.39, 0.29) is 12.2 Å². The van der Waals surface area contributed by atoms with Gasteiger partial charge < -0.3 is 10.4 Å². The first-order valence-corrected chi connectivity index (χ1v) is 6.94. The third-order valence-electron chi connectivity index (χ3n) is 2.68. The van der Waals surface area contributed by atoms with Crippen molar-refractivity contribution in [2.24, 2.45) is 5.92 Å². The molecule has 7 heteroatoms. The van der Waals surface area contributed by atoms with E-state index in [2.05, 4.69) is 5.32 Å². The lowest BCUT2D eigenvalue weighted by molar-refractivity contribution is -0.384. The van der Waals surface area contributed by atoms with Gasteiger partial charge in [0.05, 0.1) is 10.8 Å². The molecule has 0 aliphatic rings. The fraction of sp³-hybridized carbons (Fsp3) is 0.417. The Kier molecular flexibility index (Phi) is 6.00. The molecule has 0 aliphatic carbocycles. The monoisotopic (exact) mass is 378 g/mol. The average molecular weight is 378 g/mol. The lowest BCUT2D eigenvalue weighted by Gasteiger charge is -2.13. The van der Waals surface area contributed by atoms with Gasteiger partial charge >= 0.3 is 5.97 Å². The molecular formula is C12H15IN2O4. The van der Waals surface area contributed by atoms with Crippen molar-refractivity contribution < 1.29 is 14.8 Å². The Morgan fingerprint density at radius 1 is 1.58 bits per heavy atom. The van der Waals surface area contributed by atoms with E-state index in [0.717, 1.165) is 9.99 Å². The number of carboxylic acid groups (broad SMARTS) is 1. The van der Waals surface area contributed by atoms with Crippen molar-refractivity contribution in [3.05, 3.63) is 31.9 Å². The van der Waals surface area contributed by atoms with Gasteiger partial charge in [0.2, 0.25) is 0 Å². The summed E-state index contributed by atoms with van der Waals surface area (Å²) in [6.45, 7) is 2.09. The Labute approximate surface area is 124 Å². The topological polar surface area (TPSA) is 92.5 Å². The van der Waals surface area contributed by atoms with Crippen LogP contribution in [0.3, 0.4) is 0 Å². The minimum atomic E-state index is -0.887. The number of nitro benzene ring substituents is 1. The van der Waals surface area contributed by atoms with Crippen LogP contribution in [0, 0.1) is 19.6 Å². The molecule has 0 aromatic heterocycles. The molecule has 0 radical (unpaired) electrons. The quantitative estimate of drug-likeness (QED) is 0.432. The molecule has 1 rings (SSSR count). The van der Waals surface area contributed by atoms with Crippen molar-refractivity contribution >= 4 is 39.9 Å². The third kappa shape index (κ3) is 4.66. The van der Waals surface area contributed by atoms with Crippen LogP contribution in [0.15, 0.2) is 18.2 Å². The Balaban J connectivity index is 2.82. The largest absolute Gasteiger partial charge is 0.481 e. The summed E-state index contributed by atoms with van der Waals surface area (Å²) in [5, 5.41) is 22.8. The van der Waals surface area contributed by atoms with Crippen LogP contribution in [0.2, 0.25) is 0 Å². The molecule has 0 amide bonds. The zero-order valence-electron chi connectivity index (χ0n) is 10.4. The van der Waals surface area contributed by atoms with E-state index >= 15 is 0 Å². The molecule has 0 heterocycles. The highest BCUT2D eigenvalue weighted by atomic mass is 127. The van der Waals surface area contributed by atoms with Crippen molar-refractivity contribution in [3.8, 4) is 0 Å². The smallest absolute Gasteiger partial charge is 0.308 e. The summed E-state index contributed by atoms with van der Waals surface area (Å²) in [6, 6.07) is 4.80. The molecule has 0 fully saturated rings. The normalized spacial score (nSPS) is 11.9. The number of nitrogens with one attached hydrogen (secondary N) is 1. The van der Waals surface area contributed by atoms with Crippen LogP contribution in [0.1, 0.15) is 19.8 Å². The van der Waals surface area contributed by atoms with Gasteiger partial charge in [-0.25, -0.2) is 0 Å². The fourth-order valence-electron chi connectivity index (χ4n) is 1.70. The second kappa shape index (κ2) is 7.27. The number of nitro groups is 1. The molecule has 2 N–H and O–H groups in total. The summed E-state index contributed by atoms with van der Waals surface area (Å²) in [7, 11) is 0. The SMILES string of the molecule is CCCC(CNc1ccc(I)cc1[N+](=O)[O-])C(=O)O. The van der Waals surface area contributed by atoms with Crippen LogP contribution in [-0.2, 0) is 4.79 Å². The number of anilines is 1. The van der Waals surface area contributed by atoms with Crippen LogP contribution in [-0.4, -0.2) is 22.5 Å². The van der Waals surface area contributed by atoms with E-state index in [4.69, 9.17) is 5.11 Å². The van der Waals surface area contributed by atoms with Crippen molar-refractivity contribution in [1.29, 1.82) is 0 Å². The standard InChI is InChI=1S/C12H15IN2O4/c1-2-3-8(12(16)17)7-14-10-5-4-9(13)6-11(10)15(18)19/h4-6,8,14H,2-3,7H2,1H3,(H,16,17). The average Bonchev–Trinajstić information content (AvgIpc) is 2.35. The second-order valence-corrected chi connectivity index (χ2v) is 5.37. The van der Waals surface area contributed by atoms with E-state index in [1.54, 1.807) is 12.1 Å². The summed E-state index contributed by atoms with van der Waals surface area (Å²) in [5.74, 6) is -1.42. The van der Waals surface area contributed by atoms with Gasteiger partial charge in [-0.05, 0) is 41.1 Å². The van der Waals surface area contributed by atoms with Gasteiger partial charge in [0.15, 0.2) is 0 Å². The van der Waals surface area contributed by atoms with Crippen LogP contribution >= 0.6 is 22.6 Å². The van der Waals surface area contributed by atoms with Gasteiger partial charge in [-0.1, -0.05) is 13.3 Å². The Bertz CT molecular complexity index is 479. The van der Waals surface area contributed by atoms with Crippen LogP contribution in [0.4, 0.5) is 11.4 Å². The lowest BCUT2D eigenvalue weighted by atomic mass is 10.0. The summed E-state index contributed by atoms with van der Waals surface area (Å²) >= 11 is 1.99. The summed E-state index contributed by atoms with van der Waals surface area (Å²) in [5.41, 5.74) is 0.320. The maximum atomic E-state index is 11.0. The minimum absolute atomic E-state index is 0.0347. The highest BCUT2D eigenvalue weighted by Gasteiger charge is 2.19. The van der Waals surface area contributed by atoms with Crippen LogP contribution in [0.5, 0.6) is 0 Å². The maximum absolute atomic E-state index is 11.0. The number of hydrogen-bond donors (Lipinski definition) is 2. The maximum Gasteiger partial charge on any atom is 0.308 e. The number of nitrogens with zero attached hydrogens (tertiary/aromatic N) is 1. The first-order valence-electron chi connectivity index (χ1n) is 5.86. The molecular weight excluding hydrogens is 363 g/mol. The van der Waals surface area contributed by atoms with Crippen molar-refractivity contribution in [2.75, 3.05) is 11.9 Å². The van der Waals surface area contributed by atoms with Gasteiger partial charge in [0.25, 0.3) is 5.69 Å². The highest BCUT2D eigenvalue weighted by Crippen LogP contribution is 2.26. The molecule has 1 atom stereocenters. The predicted molar refractivity (Wildman–Crippen MR) is 80.3 cm³/mol. The first kappa shape index (κ1) is 15.7. The number of carboxylic acids is 1. The molecule has 1 aromatic rings. The fourth-order valence-corrected chi connectivity index (χ4v) is 2.17. The number of rotatable bonds is 7. The van der Waals surface area contributed by atoms with Crippen LogP contribution in [0.25, 0.3) is 0 Å². The van der Waals surface area contributed by atoms with Gasteiger partial charge in [0.1, 0.15) is 5.69 Å². The number of hydrogen-bond acceptors (Lipinski definition) is 4. The highest BCUT2D eigenvalue weighted by molar-refractivity contribution is 14.1. The molecule has 1 aromatic carbocycles. The Hall–Kier alpha value is -1.38. The van der Waals surface area contributed by atoms with E-state index in [0.29, 0.717) is 12.1 Å². The summed E-state index contributed by atoms with van der Waals surface area (Å²) < 4.78 is 0.762. The van der Waals surface area contributed by atoms with Crippen molar-refractivity contribution in [1.82, 2.24) is 0 Å². The predicted octanol–water partition coefficient (Wildman–Crippen LogP) is 3.11. The van der Waals surface area contributed by atoms with Crippen molar-refractivity contribution in [2.45, 2.75) is 19.8 Å². The Morgan fingerprint density at radius 3 is 2.79 bits per heavy atom. The van der Waals surface area contributed by atoms with E-state index in [1.165, 1.54) is 6.07 Å². The number of aliphatic carboxylic acids is 1. The third-order valence-corrected chi connectivity index (χ3v) is 3.35. The van der Waals surface area contributed by atoms with E-state index in [9.17, 15) is 14.9 Å². The molecule has 0 saturated carbocycles. The van der Waals surface area contributed by atoms with Crippen LogP contribution < -0.4 is 5.32 Å². The molecule has 104 valence electrons.